The van der Waals surface area contributed by atoms with E-state index in [1.54, 1.807) is 0 Å². The van der Waals surface area contributed by atoms with Gasteiger partial charge in [0.25, 0.3) is 0 Å². The summed E-state index contributed by atoms with van der Waals surface area (Å²) in [7, 11) is 2.88. The van der Waals surface area contributed by atoms with Crippen LogP contribution in [0.1, 0.15) is 0 Å². The fourth-order valence-corrected chi connectivity index (χ4v) is 1.28. The molecule has 1 aliphatic rings. The molecule has 0 bridgehead atoms. The van der Waals surface area contributed by atoms with Gasteiger partial charge in [0, 0.05) is 14.2 Å². The summed E-state index contributed by atoms with van der Waals surface area (Å²) in [5, 5.41) is 19.1. The molecule has 1 rings (SSSR count). The van der Waals surface area contributed by atoms with Crippen LogP contribution >= 0.6 is 0 Å². The Bertz CT molecular complexity index is 164. The summed E-state index contributed by atoms with van der Waals surface area (Å²) < 4.78 is 19.7. The molecule has 0 unspecified atom stereocenters. The Labute approximate surface area is 82.3 Å². The maximum atomic E-state index is 9.58. The van der Waals surface area contributed by atoms with Crippen LogP contribution in [0.3, 0.4) is 0 Å². The summed E-state index contributed by atoms with van der Waals surface area (Å²) in [6, 6.07) is 0. The van der Waals surface area contributed by atoms with Gasteiger partial charge >= 0.3 is 0 Å². The summed E-state index contributed by atoms with van der Waals surface area (Å²) >= 11 is 0. The van der Waals surface area contributed by atoms with Gasteiger partial charge in [-0.05, 0) is 0 Å². The lowest BCUT2D eigenvalue weighted by Gasteiger charge is -2.36. The van der Waals surface area contributed by atoms with Crippen LogP contribution in [0, 0.1) is 0 Å². The van der Waals surface area contributed by atoms with E-state index in [0.29, 0.717) is 0 Å². The van der Waals surface area contributed by atoms with Crippen molar-refractivity contribution < 1.29 is 29.2 Å². The summed E-state index contributed by atoms with van der Waals surface area (Å²) in [5.74, 6) is 0. The van der Waals surface area contributed by atoms with E-state index in [-0.39, 0.29) is 13.4 Å². The molecule has 0 saturated carbocycles. The van der Waals surface area contributed by atoms with Gasteiger partial charge < -0.3 is 29.2 Å². The largest absolute Gasteiger partial charge is 0.387 e. The fraction of sp³-hybridized carbons (Fsp3) is 1.00. The molecule has 14 heavy (non-hydrogen) atoms. The number of ether oxygens (including phenoxy) is 4. The second-order valence-corrected chi connectivity index (χ2v) is 3.03. The van der Waals surface area contributed by atoms with Crippen molar-refractivity contribution in [3.63, 3.8) is 0 Å². The summed E-state index contributed by atoms with van der Waals surface area (Å²) in [5.41, 5.74) is 0. The van der Waals surface area contributed by atoms with Gasteiger partial charge in [-0.2, -0.15) is 0 Å². The number of aliphatic hydroxyl groups excluding tert-OH is 2. The van der Waals surface area contributed by atoms with E-state index in [0.717, 1.165) is 0 Å². The molecule has 1 heterocycles. The number of rotatable bonds is 4. The van der Waals surface area contributed by atoms with E-state index >= 15 is 0 Å². The van der Waals surface area contributed by atoms with Gasteiger partial charge in [-0.25, -0.2) is 0 Å². The maximum absolute atomic E-state index is 9.58. The molecule has 1 fully saturated rings. The highest BCUT2D eigenvalue weighted by Crippen LogP contribution is 2.18. The molecule has 1 saturated heterocycles. The van der Waals surface area contributed by atoms with Crippen LogP contribution in [-0.2, 0) is 18.9 Å². The number of methoxy groups -OCH3 is 2. The summed E-state index contributed by atoms with van der Waals surface area (Å²) in [4.78, 5) is 0. The van der Waals surface area contributed by atoms with Gasteiger partial charge in [0.05, 0.1) is 6.61 Å². The van der Waals surface area contributed by atoms with Gasteiger partial charge in [-0.1, -0.05) is 0 Å². The smallest absolute Gasteiger partial charge is 0.185 e. The number of hydrogen-bond acceptors (Lipinski definition) is 6. The minimum Gasteiger partial charge on any atom is -0.387 e. The average molecular weight is 208 g/mol. The molecule has 6 nitrogen and oxygen atoms in total. The molecule has 0 amide bonds. The van der Waals surface area contributed by atoms with Crippen molar-refractivity contribution >= 4 is 0 Å². The third kappa shape index (κ3) is 2.63. The van der Waals surface area contributed by atoms with Gasteiger partial charge in [-0.15, -0.1) is 0 Å². The van der Waals surface area contributed by atoms with E-state index in [4.69, 9.17) is 14.2 Å². The molecule has 84 valence electrons. The lowest BCUT2D eigenvalue weighted by molar-refractivity contribution is -0.277. The maximum Gasteiger partial charge on any atom is 0.185 e. The molecule has 0 radical (unpaired) electrons. The molecule has 0 aromatic carbocycles. The van der Waals surface area contributed by atoms with E-state index < -0.39 is 24.6 Å². The third-order valence-corrected chi connectivity index (χ3v) is 2.07. The standard InChI is InChI=1S/C8H16O6/c1-11-4-14-5-3-13-8(12-2)7(10)6(5)9/h5-10H,3-4H2,1-2H3/t5-,6+,7-,8-/m1/s1. The Kier molecular flexibility index (Phi) is 4.73. The van der Waals surface area contributed by atoms with Crippen molar-refractivity contribution in [1.82, 2.24) is 0 Å². The lowest BCUT2D eigenvalue weighted by Crippen LogP contribution is -2.54. The van der Waals surface area contributed by atoms with Crippen molar-refractivity contribution in [2.75, 3.05) is 27.6 Å². The van der Waals surface area contributed by atoms with Gasteiger partial charge in [0.2, 0.25) is 0 Å². The highest BCUT2D eigenvalue weighted by molar-refractivity contribution is 4.83. The van der Waals surface area contributed by atoms with Crippen molar-refractivity contribution in [3.05, 3.63) is 0 Å². The predicted molar refractivity (Wildman–Crippen MR) is 45.5 cm³/mol. The highest BCUT2D eigenvalue weighted by Gasteiger charge is 2.39. The van der Waals surface area contributed by atoms with Crippen molar-refractivity contribution in [2.45, 2.75) is 24.6 Å². The van der Waals surface area contributed by atoms with Gasteiger partial charge in [0.1, 0.15) is 25.1 Å². The van der Waals surface area contributed by atoms with Crippen LogP contribution in [0.15, 0.2) is 0 Å². The highest BCUT2D eigenvalue weighted by atomic mass is 16.7. The Morgan fingerprint density at radius 2 is 2.00 bits per heavy atom. The molecule has 1 aliphatic heterocycles. The number of aliphatic hydroxyl groups is 2. The zero-order valence-corrected chi connectivity index (χ0v) is 8.25. The van der Waals surface area contributed by atoms with Crippen LogP contribution in [-0.4, -0.2) is 62.4 Å². The Morgan fingerprint density at radius 3 is 2.57 bits per heavy atom. The fourth-order valence-electron chi connectivity index (χ4n) is 1.28. The van der Waals surface area contributed by atoms with Crippen LogP contribution in [0.4, 0.5) is 0 Å². The SMILES string of the molecule is COCO[C@@H]1CO[C@@H](OC)[C@H](O)[C@H]1O. The molecule has 0 aromatic rings. The Balaban J connectivity index is 2.42. The summed E-state index contributed by atoms with van der Waals surface area (Å²) in [6.45, 7) is 0.218. The van der Waals surface area contributed by atoms with Crippen LogP contribution in [0.2, 0.25) is 0 Å². The monoisotopic (exact) mass is 208 g/mol. The zero-order chi connectivity index (χ0) is 10.6. The molecular formula is C8H16O6. The predicted octanol–water partition coefficient (Wildman–Crippen LogP) is -1.30. The van der Waals surface area contributed by atoms with Crippen molar-refractivity contribution in [2.24, 2.45) is 0 Å². The second-order valence-electron chi connectivity index (χ2n) is 3.03. The van der Waals surface area contributed by atoms with E-state index in [1.165, 1.54) is 14.2 Å². The van der Waals surface area contributed by atoms with E-state index in [2.05, 4.69) is 4.74 Å². The average Bonchev–Trinajstić information content (AvgIpc) is 2.20. The molecule has 0 aliphatic carbocycles. The normalized spacial score (nSPS) is 38.6. The molecule has 0 spiro atoms. The zero-order valence-electron chi connectivity index (χ0n) is 8.25. The van der Waals surface area contributed by atoms with Crippen LogP contribution < -0.4 is 0 Å². The molecule has 4 atom stereocenters. The quantitative estimate of drug-likeness (QED) is 0.559. The van der Waals surface area contributed by atoms with Gasteiger partial charge in [-0.3, -0.25) is 0 Å². The number of hydrogen-bond donors (Lipinski definition) is 2. The first-order valence-corrected chi connectivity index (χ1v) is 4.31. The third-order valence-electron chi connectivity index (χ3n) is 2.07. The van der Waals surface area contributed by atoms with Crippen LogP contribution in [0.25, 0.3) is 0 Å². The van der Waals surface area contributed by atoms with Gasteiger partial charge in [0.15, 0.2) is 6.29 Å². The van der Waals surface area contributed by atoms with E-state index in [1.807, 2.05) is 0 Å². The molecule has 2 N–H and O–H groups in total. The molecule has 6 heteroatoms. The second kappa shape index (κ2) is 5.59. The van der Waals surface area contributed by atoms with Crippen LogP contribution in [0.5, 0.6) is 0 Å². The first-order chi connectivity index (χ1) is 6.70. The minimum atomic E-state index is -1.10. The summed E-state index contributed by atoms with van der Waals surface area (Å²) in [6.07, 6.45) is -3.51. The topological polar surface area (TPSA) is 77.4 Å². The van der Waals surface area contributed by atoms with E-state index in [9.17, 15) is 10.2 Å². The Morgan fingerprint density at radius 1 is 1.29 bits per heavy atom. The lowest BCUT2D eigenvalue weighted by atomic mass is 10.1. The first-order valence-electron chi connectivity index (χ1n) is 4.31. The van der Waals surface area contributed by atoms with Crippen molar-refractivity contribution in [1.29, 1.82) is 0 Å². The molecular weight excluding hydrogens is 192 g/mol. The molecule has 0 aromatic heterocycles. The Hall–Kier alpha value is -0.240. The first kappa shape index (κ1) is 11.8. The minimum absolute atomic E-state index is 0.0510. The van der Waals surface area contributed by atoms with Crippen molar-refractivity contribution in [3.8, 4) is 0 Å².